The van der Waals surface area contributed by atoms with Crippen LogP contribution in [-0.2, 0) is 19.2 Å². The number of ether oxygens (including phenoxy) is 1. The van der Waals surface area contributed by atoms with Crippen LogP contribution in [0.3, 0.4) is 0 Å². The topological polar surface area (TPSA) is 109 Å². The van der Waals surface area contributed by atoms with Crippen LogP contribution in [0.15, 0.2) is 24.8 Å². The van der Waals surface area contributed by atoms with Crippen molar-refractivity contribution in [1.29, 1.82) is 0 Å². The summed E-state index contributed by atoms with van der Waals surface area (Å²) in [6, 6.07) is 1.91. The molecule has 2 aromatic rings. The van der Waals surface area contributed by atoms with Crippen LogP contribution in [0, 0.1) is 0 Å². The highest BCUT2D eigenvalue weighted by molar-refractivity contribution is 7.84. The van der Waals surface area contributed by atoms with Crippen LogP contribution in [0.4, 0.5) is 0 Å². The number of fused-ring (bicyclic) bond motifs is 1. The molecular weight excluding hydrogens is 284 g/mol. The lowest BCUT2D eigenvalue weighted by molar-refractivity contribution is -0.0146. The molecule has 9 heteroatoms. The number of aromatic nitrogens is 3. The lowest BCUT2D eigenvalue weighted by Crippen LogP contribution is -2.23. The number of nitrogens with zero attached hydrogens (tertiary/aromatic N) is 3. The zero-order chi connectivity index (χ0) is 14.2. The molecule has 0 spiro atoms. The minimum atomic E-state index is -3.92. The zero-order valence-corrected chi connectivity index (χ0v) is 11.4. The van der Waals surface area contributed by atoms with E-state index in [0.717, 1.165) is 17.5 Å². The second kappa shape index (κ2) is 5.09. The lowest BCUT2D eigenvalue weighted by Gasteiger charge is -2.15. The quantitative estimate of drug-likeness (QED) is 0.871. The summed E-state index contributed by atoms with van der Waals surface area (Å²) in [5, 5.41) is 5.72. The zero-order valence-electron chi connectivity index (χ0n) is 10.5. The Bertz CT molecular complexity index is 714. The maximum absolute atomic E-state index is 10.8. The van der Waals surface area contributed by atoms with Crippen molar-refractivity contribution in [3.8, 4) is 0 Å². The van der Waals surface area contributed by atoms with Gasteiger partial charge >= 0.3 is 10.3 Å². The van der Waals surface area contributed by atoms with Gasteiger partial charge in [0.1, 0.15) is 18.2 Å². The molecule has 0 bridgehead atoms. The van der Waals surface area contributed by atoms with Crippen molar-refractivity contribution in [1.82, 2.24) is 14.5 Å². The first kappa shape index (κ1) is 13.4. The third-order valence-corrected chi connectivity index (χ3v) is 3.66. The molecule has 1 saturated heterocycles. The van der Waals surface area contributed by atoms with Gasteiger partial charge in [0.05, 0.1) is 12.7 Å². The van der Waals surface area contributed by atoms with Gasteiger partial charge in [0.2, 0.25) is 0 Å². The fourth-order valence-electron chi connectivity index (χ4n) is 2.32. The second-order valence-corrected chi connectivity index (χ2v) is 5.81. The minimum Gasteiger partial charge on any atom is -0.352 e. The van der Waals surface area contributed by atoms with Crippen molar-refractivity contribution in [2.24, 2.45) is 5.14 Å². The molecule has 2 N–H and O–H groups in total. The molecule has 1 aliphatic rings. The van der Waals surface area contributed by atoms with Gasteiger partial charge in [-0.05, 0) is 18.9 Å². The van der Waals surface area contributed by atoms with Crippen molar-refractivity contribution >= 4 is 21.3 Å². The van der Waals surface area contributed by atoms with Crippen LogP contribution in [0.1, 0.15) is 19.1 Å². The molecule has 2 atom stereocenters. The van der Waals surface area contributed by atoms with Crippen LogP contribution < -0.4 is 5.14 Å². The van der Waals surface area contributed by atoms with Gasteiger partial charge in [-0.15, -0.1) is 0 Å². The van der Waals surface area contributed by atoms with Gasteiger partial charge in [-0.2, -0.15) is 8.42 Å². The van der Waals surface area contributed by atoms with E-state index in [1.807, 2.05) is 16.8 Å². The van der Waals surface area contributed by atoms with Crippen molar-refractivity contribution in [3.05, 3.63) is 24.8 Å². The lowest BCUT2D eigenvalue weighted by atomic mass is 10.2. The van der Waals surface area contributed by atoms with Gasteiger partial charge < -0.3 is 9.30 Å². The van der Waals surface area contributed by atoms with Gasteiger partial charge in [0.25, 0.3) is 0 Å². The van der Waals surface area contributed by atoms with Crippen LogP contribution in [0.5, 0.6) is 0 Å². The Hall–Kier alpha value is -1.55. The summed E-state index contributed by atoms with van der Waals surface area (Å²) in [6.07, 6.45) is 6.07. The predicted molar refractivity (Wildman–Crippen MR) is 69.7 cm³/mol. The average Bonchev–Trinajstić information content (AvgIpc) is 3.01. The van der Waals surface area contributed by atoms with E-state index in [1.165, 1.54) is 6.33 Å². The van der Waals surface area contributed by atoms with Crippen molar-refractivity contribution in [2.45, 2.75) is 25.2 Å². The molecule has 0 saturated carbocycles. The summed E-state index contributed by atoms with van der Waals surface area (Å²) in [7, 11) is -3.92. The molecule has 3 rings (SSSR count). The maximum atomic E-state index is 10.8. The number of hydrogen-bond donors (Lipinski definition) is 1. The first-order valence-electron chi connectivity index (χ1n) is 6.12. The fourth-order valence-corrected chi connectivity index (χ4v) is 2.66. The van der Waals surface area contributed by atoms with E-state index in [1.54, 1.807) is 6.20 Å². The molecule has 0 unspecified atom stereocenters. The summed E-state index contributed by atoms with van der Waals surface area (Å²) in [6.45, 7) is -0.0660. The second-order valence-electron chi connectivity index (χ2n) is 4.59. The molecule has 1 aliphatic heterocycles. The van der Waals surface area contributed by atoms with Crippen LogP contribution in [0.25, 0.3) is 11.0 Å². The van der Waals surface area contributed by atoms with E-state index in [4.69, 9.17) is 9.88 Å². The number of rotatable bonds is 4. The molecule has 2 aromatic heterocycles. The first-order chi connectivity index (χ1) is 9.53. The van der Waals surface area contributed by atoms with Gasteiger partial charge in [0, 0.05) is 17.8 Å². The number of hydrogen-bond acceptors (Lipinski definition) is 6. The van der Waals surface area contributed by atoms with E-state index in [2.05, 4.69) is 14.2 Å². The molecule has 3 heterocycles. The largest absolute Gasteiger partial charge is 0.352 e. The molecule has 1 fully saturated rings. The normalized spacial score (nSPS) is 23.4. The molecule has 0 radical (unpaired) electrons. The highest BCUT2D eigenvalue weighted by Crippen LogP contribution is 2.30. The van der Waals surface area contributed by atoms with E-state index >= 15 is 0 Å². The Kier molecular flexibility index (Phi) is 3.42. The average molecular weight is 298 g/mol. The fraction of sp³-hybridized carbons (Fsp3) is 0.455. The Labute approximate surface area is 115 Å². The smallest absolute Gasteiger partial charge is 0.333 e. The first-order valence-corrected chi connectivity index (χ1v) is 7.59. The summed E-state index contributed by atoms with van der Waals surface area (Å²) < 4.78 is 33.7. The Balaban J connectivity index is 1.71. The highest BCUT2D eigenvalue weighted by Gasteiger charge is 2.28. The van der Waals surface area contributed by atoms with Crippen LogP contribution in [0.2, 0.25) is 0 Å². The summed E-state index contributed by atoms with van der Waals surface area (Å²) in [4.78, 5) is 8.18. The summed E-state index contributed by atoms with van der Waals surface area (Å²) in [5.41, 5.74) is 0.790. The maximum Gasteiger partial charge on any atom is 0.333 e. The third-order valence-electron chi connectivity index (χ3n) is 3.19. The summed E-state index contributed by atoms with van der Waals surface area (Å²) >= 11 is 0. The number of nitrogens with two attached hydrogens (primary N) is 1. The van der Waals surface area contributed by atoms with Gasteiger partial charge in [-0.25, -0.2) is 15.1 Å². The van der Waals surface area contributed by atoms with E-state index < -0.39 is 10.3 Å². The molecule has 0 aliphatic carbocycles. The van der Waals surface area contributed by atoms with Gasteiger partial charge in [-0.3, -0.25) is 4.18 Å². The minimum absolute atomic E-state index is 0.0660. The van der Waals surface area contributed by atoms with Crippen LogP contribution in [-0.4, -0.2) is 35.7 Å². The monoisotopic (exact) mass is 298 g/mol. The standard InChI is InChI=1S/C11H14N4O4S/c12-20(16,17)18-6-9-1-2-10(19-9)15-4-3-8-5-13-7-14-11(8)15/h3-5,7,9-10H,1-2,6H2,(H2,12,16,17)/t9-,10+/m0/s1. The Morgan fingerprint density at radius 1 is 1.50 bits per heavy atom. The van der Waals surface area contributed by atoms with Crippen molar-refractivity contribution < 1.29 is 17.3 Å². The van der Waals surface area contributed by atoms with Gasteiger partial charge in [0.15, 0.2) is 0 Å². The van der Waals surface area contributed by atoms with Crippen LogP contribution >= 0.6 is 0 Å². The highest BCUT2D eigenvalue weighted by atomic mass is 32.2. The van der Waals surface area contributed by atoms with E-state index in [-0.39, 0.29) is 18.9 Å². The molecule has 0 aromatic carbocycles. The molecule has 108 valence electrons. The Morgan fingerprint density at radius 3 is 3.15 bits per heavy atom. The summed E-state index contributed by atoms with van der Waals surface area (Å²) in [5.74, 6) is 0. The SMILES string of the molecule is NS(=O)(=O)OC[C@@H]1CC[C@H](n2ccc3cncnc32)O1. The molecule has 0 amide bonds. The van der Waals surface area contributed by atoms with Crippen molar-refractivity contribution in [2.75, 3.05) is 6.61 Å². The third kappa shape index (κ3) is 2.80. The Morgan fingerprint density at radius 2 is 2.35 bits per heavy atom. The molecular formula is C11H14N4O4S. The van der Waals surface area contributed by atoms with Gasteiger partial charge in [-0.1, -0.05) is 0 Å². The molecule has 20 heavy (non-hydrogen) atoms. The van der Waals surface area contributed by atoms with Crippen molar-refractivity contribution in [3.63, 3.8) is 0 Å². The van der Waals surface area contributed by atoms with E-state index in [0.29, 0.717) is 6.42 Å². The molecule has 8 nitrogen and oxygen atoms in total. The van der Waals surface area contributed by atoms with E-state index in [9.17, 15) is 8.42 Å². The predicted octanol–water partition coefficient (Wildman–Crippen LogP) is 0.329.